The maximum atomic E-state index is 16.0. The standard InChI is InChI=1S/C45H61FN8O11/c1-44(2,3)64-41(58)49-21-25-53(26-22-50-42(59)65-45(4,5)6)38(55)51-28-35-29-54(43(60)63-35)34-17-18-37(36(46)27-34)52(23-19-47-39(56)61-30-32-13-9-7-10-14-32)24-20-48-40(57)62-31-33-15-11-8-12-16-33/h7-18,27,35H,19-26,28-31H2,1-6H3,(H,47,56)(H,48,57)(H,49,58)(H,50,59)(H,51,55)/t35-/m0/s1. The molecule has 5 N–H and O–H groups in total. The Kier molecular flexibility index (Phi) is 19.3. The third-order valence-corrected chi connectivity index (χ3v) is 9.05. The zero-order valence-corrected chi connectivity index (χ0v) is 37.8. The molecule has 0 aliphatic carbocycles. The molecule has 7 amide bonds. The number of nitrogens with zero attached hydrogens (tertiary/aromatic N) is 3. The molecule has 1 aliphatic rings. The maximum absolute atomic E-state index is 16.0. The summed E-state index contributed by atoms with van der Waals surface area (Å²) in [6.07, 6.45) is -4.23. The van der Waals surface area contributed by atoms with Crippen molar-refractivity contribution in [3.05, 3.63) is 95.8 Å². The molecule has 1 saturated heterocycles. The molecule has 3 aromatic carbocycles. The van der Waals surface area contributed by atoms with E-state index < -0.39 is 59.6 Å². The Morgan fingerprint density at radius 3 is 1.58 bits per heavy atom. The minimum Gasteiger partial charge on any atom is -0.445 e. The number of amides is 7. The average Bonchev–Trinajstić information content (AvgIpc) is 3.62. The van der Waals surface area contributed by atoms with Crippen LogP contribution in [0, 0.1) is 5.82 Å². The molecule has 0 radical (unpaired) electrons. The van der Waals surface area contributed by atoms with E-state index in [1.807, 2.05) is 60.7 Å². The van der Waals surface area contributed by atoms with Gasteiger partial charge in [0.25, 0.3) is 0 Å². The Morgan fingerprint density at radius 2 is 1.12 bits per heavy atom. The molecule has 0 aromatic heterocycles. The molecule has 4 rings (SSSR count). The SMILES string of the molecule is CC(C)(C)OC(=O)NCCN(CCNC(=O)OC(C)(C)C)C(=O)NC[C@H]1CN(c2ccc(N(CCNC(=O)OCc3ccccc3)CCNC(=O)OCc3ccccc3)c(F)c2)C(=O)O1. The van der Waals surface area contributed by atoms with Crippen LogP contribution in [0.4, 0.5) is 44.5 Å². The van der Waals surface area contributed by atoms with Gasteiger partial charge in [-0.1, -0.05) is 60.7 Å². The molecule has 0 unspecified atom stereocenters. The summed E-state index contributed by atoms with van der Waals surface area (Å²) in [5.41, 5.74) is 0.495. The first-order chi connectivity index (χ1) is 30.8. The smallest absolute Gasteiger partial charge is 0.414 e. The number of rotatable bonds is 20. The van der Waals surface area contributed by atoms with E-state index in [0.29, 0.717) is 0 Å². The second kappa shape index (κ2) is 24.7. The normalized spacial score (nSPS) is 13.4. The van der Waals surface area contributed by atoms with Crippen LogP contribution < -0.4 is 36.4 Å². The van der Waals surface area contributed by atoms with E-state index in [1.165, 1.54) is 28.0 Å². The zero-order valence-electron chi connectivity index (χ0n) is 37.8. The van der Waals surface area contributed by atoms with Crippen LogP contribution in [0.3, 0.4) is 0 Å². The molecule has 1 aliphatic heterocycles. The van der Waals surface area contributed by atoms with Crippen LogP contribution in [-0.4, -0.2) is 124 Å². The van der Waals surface area contributed by atoms with E-state index in [-0.39, 0.29) is 90.0 Å². The van der Waals surface area contributed by atoms with Crippen molar-refractivity contribution in [3.63, 3.8) is 0 Å². The number of urea groups is 1. The van der Waals surface area contributed by atoms with Gasteiger partial charge < -0.3 is 60.1 Å². The minimum atomic E-state index is -0.812. The number of ether oxygens (including phenoxy) is 5. The van der Waals surface area contributed by atoms with E-state index in [2.05, 4.69) is 26.6 Å². The highest BCUT2D eigenvalue weighted by atomic mass is 19.1. The van der Waals surface area contributed by atoms with Crippen molar-refractivity contribution in [2.75, 3.05) is 75.2 Å². The number of alkyl carbamates (subject to hydrolysis) is 4. The van der Waals surface area contributed by atoms with Gasteiger partial charge in [0, 0.05) is 52.4 Å². The Labute approximate surface area is 378 Å². The Balaban J connectivity index is 1.35. The van der Waals surface area contributed by atoms with E-state index in [1.54, 1.807) is 46.4 Å². The number of hydrogen-bond donors (Lipinski definition) is 5. The Hall–Kier alpha value is -6.99. The first-order valence-corrected chi connectivity index (χ1v) is 21.2. The summed E-state index contributed by atoms with van der Waals surface area (Å²) in [5, 5.41) is 13.3. The number of hydrogen-bond acceptors (Lipinski definition) is 12. The third kappa shape index (κ3) is 19.1. The summed E-state index contributed by atoms with van der Waals surface area (Å²) in [4.78, 5) is 79.9. The number of benzene rings is 3. The molecule has 1 atom stereocenters. The van der Waals surface area contributed by atoms with Crippen molar-refractivity contribution < 1.29 is 56.8 Å². The van der Waals surface area contributed by atoms with Gasteiger partial charge >= 0.3 is 36.5 Å². The van der Waals surface area contributed by atoms with Crippen molar-refractivity contribution in [3.8, 4) is 0 Å². The molecular weight excluding hydrogens is 848 g/mol. The quantitative estimate of drug-likeness (QED) is 0.0842. The van der Waals surface area contributed by atoms with Gasteiger partial charge in [-0.25, -0.2) is 33.2 Å². The number of nitrogens with one attached hydrogen (secondary N) is 5. The molecule has 354 valence electrons. The van der Waals surface area contributed by atoms with Crippen LogP contribution in [0.1, 0.15) is 52.7 Å². The fourth-order valence-electron chi connectivity index (χ4n) is 6.09. The lowest BCUT2D eigenvalue weighted by molar-refractivity contribution is 0.0520. The molecule has 0 saturated carbocycles. The monoisotopic (exact) mass is 908 g/mol. The lowest BCUT2D eigenvalue weighted by Crippen LogP contribution is -2.49. The van der Waals surface area contributed by atoms with Gasteiger partial charge in [-0.3, -0.25) is 4.90 Å². The predicted octanol–water partition coefficient (Wildman–Crippen LogP) is 5.87. The number of anilines is 2. The number of halogens is 1. The fraction of sp³-hybridized carbons (Fsp3) is 0.467. The van der Waals surface area contributed by atoms with Crippen LogP contribution in [0.2, 0.25) is 0 Å². The van der Waals surface area contributed by atoms with E-state index >= 15 is 4.39 Å². The molecule has 0 bridgehead atoms. The van der Waals surface area contributed by atoms with Gasteiger partial charge in [0.1, 0.15) is 36.3 Å². The van der Waals surface area contributed by atoms with Crippen molar-refractivity contribution in [2.24, 2.45) is 0 Å². The van der Waals surface area contributed by atoms with Gasteiger partial charge in [0.15, 0.2) is 0 Å². The number of carbonyl (C=O) groups is 6. The lowest BCUT2D eigenvalue weighted by atomic mass is 10.2. The number of cyclic esters (lactones) is 1. The number of carbonyl (C=O) groups excluding carboxylic acids is 6. The van der Waals surface area contributed by atoms with E-state index in [0.717, 1.165) is 11.1 Å². The van der Waals surface area contributed by atoms with E-state index in [9.17, 15) is 28.8 Å². The van der Waals surface area contributed by atoms with Gasteiger partial charge in [0.05, 0.1) is 24.5 Å². The third-order valence-electron chi connectivity index (χ3n) is 9.05. The highest BCUT2D eigenvalue weighted by Gasteiger charge is 2.33. The second-order valence-corrected chi connectivity index (χ2v) is 16.7. The molecule has 19 nitrogen and oxygen atoms in total. The molecule has 65 heavy (non-hydrogen) atoms. The van der Waals surface area contributed by atoms with Crippen LogP contribution >= 0.6 is 0 Å². The van der Waals surface area contributed by atoms with Gasteiger partial charge in [-0.2, -0.15) is 0 Å². The lowest BCUT2D eigenvalue weighted by Gasteiger charge is -2.26. The molecule has 3 aromatic rings. The van der Waals surface area contributed by atoms with Crippen molar-refractivity contribution >= 4 is 47.9 Å². The van der Waals surface area contributed by atoms with Gasteiger partial charge in [-0.15, -0.1) is 0 Å². The summed E-state index contributed by atoms with van der Waals surface area (Å²) < 4.78 is 42.6. The van der Waals surface area contributed by atoms with Crippen LogP contribution in [-0.2, 0) is 36.9 Å². The summed E-state index contributed by atoms with van der Waals surface area (Å²) >= 11 is 0. The largest absolute Gasteiger partial charge is 0.445 e. The van der Waals surface area contributed by atoms with Crippen molar-refractivity contribution in [1.82, 2.24) is 31.5 Å². The second-order valence-electron chi connectivity index (χ2n) is 16.7. The first kappa shape index (κ1) is 50.7. The van der Waals surface area contributed by atoms with Crippen LogP contribution in [0.5, 0.6) is 0 Å². The fourth-order valence-corrected chi connectivity index (χ4v) is 6.09. The predicted molar refractivity (Wildman–Crippen MR) is 239 cm³/mol. The highest BCUT2D eigenvalue weighted by Crippen LogP contribution is 2.28. The van der Waals surface area contributed by atoms with Gasteiger partial charge in [0.2, 0.25) is 0 Å². The first-order valence-electron chi connectivity index (χ1n) is 21.2. The van der Waals surface area contributed by atoms with Crippen molar-refractivity contribution in [1.29, 1.82) is 0 Å². The zero-order chi connectivity index (χ0) is 47.4. The van der Waals surface area contributed by atoms with Crippen molar-refractivity contribution in [2.45, 2.75) is 72.1 Å². The minimum absolute atomic E-state index is 0.0218. The Bertz CT molecular complexity index is 1940. The summed E-state index contributed by atoms with van der Waals surface area (Å²) in [6.45, 7) is 10.9. The molecule has 20 heteroatoms. The maximum Gasteiger partial charge on any atom is 0.414 e. The summed E-state index contributed by atoms with van der Waals surface area (Å²) in [5.74, 6) is -0.694. The topological polar surface area (TPSA) is 218 Å². The highest BCUT2D eigenvalue weighted by molar-refractivity contribution is 5.90. The van der Waals surface area contributed by atoms with Crippen LogP contribution in [0.25, 0.3) is 0 Å². The van der Waals surface area contributed by atoms with Gasteiger partial charge in [-0.05, 0) is 70.9 Å². The molecule has 1 fully saturated rings. The molecule has 0 spiro atoms. The average molecular weight is 909 g/mol. The summed E-state index contributed by atoms with van der Waals surface area (Å²) in [6, 6.07) is 21.9. The molecule has 1 heterocycles. The Morgan fingerprint density at radius 1 is 0.662 bits per heavy atom. The molecular formula is C45H61FN8O11. The summed E-state index contributed by atoms with van der Waals surface area (Å²) in [7, 11) is 0. The van der Waals surface area contributed by atoms with E-state index in [4.69, 9.17) is 23.7 Å². The van der Waals surface area contributed by atoms with Crippen LogP contribution in [0.15, 0.2) is 78.9 Å².